The Balaban J connectivity index is 0.000000208. The van der Waals surface area contributed by atoms with E-state index in [0.29, 0.717) is 0 Å². The summed E-state index contributed by atoms with van der Waals surface area (Å²) in [4.78, 5) is 20.8. The fourth-order valence-electron chi connectivity index (χ4n) is 2.40. The number of benzene rings is 3. The van der Waals surface area contributed by atoms with Crippen molar-refractivity contribution in [3.8, 4) is 11.1 Å². The molecule has 0 amide bonds. The van der Waals surface area contributed by atoms with E-state index in [1.54, 1.807) is 12.1 Å². The van der Waals surface area contributed by atoms with Gasteiger partial charge in [-0.1, -0.05) is 82.7 Å². The van der Waals surface area contributed by atoms with Crippen molar-refractivity contribution in [2.75, 3.05) is 0 Å². The number of hydrogen-bond donors (Lipinski definition) is 2. The van der Waals surface area contributed by atoms with Gasteiger partial charge >= 0.3 is 11.9 Å². The topological polar surface area (TPSA) is 74.6 Å². The summed E-state index contributed by atoms with van der Waals surface area (Å²) < 4.78 is 0.964. The quantitative estimate of drug-likeness (QED) is 0.597. The minimum absolute atomic E-state index is 0.0784. The molecular weight excluding hydrogens is 408 g/mol. The van der Waals surface area contributed by atoms with Gasteiger partial charge in [-0.3, -0.25) is 9.59 Å². The molecule has 5 heteroatoms. The summed E-state index contributed by atoms with van der Waals surface area (Å²) in [5, 5.41) is 17.1. The maximum atomic E-state index is 10.5. The maximum absolute atomic E-state index is 10.5. The number of halogens is 1. The highest BCUT2D eigenvalue weighted by Crippen LogP contribution is 2.19. The van der Waals surface area contributed by atoms with Gasteiger partial charge < -0.3 is 10.2 Å². The third-order valence-electron chi connectivity index (χ3n) is 3.69. The van der Waals surface area contributed by atoms with Gasteiger partial charge in [-0.05, 0) is 34.4 Å². The summed E-state index contributed by atoms with van der Waals surface area (Å²) in [7, 11) is 0. The van der Waals surface area contributed by atoms with Crippen molar-refractivity contribution >= 4 is 27.9 Å². The first kappa shape index (κ1) is 20.4. The van der Waals surface area contributed by atoms with Crippen LogP contribution in [0.15, 0.2) is 83.3 Å². The lowest BCUT2D eigenvalue weighted by Crippen LogP contribution is -1.99. The Kier molecular flexibility index (Phi) is 7.77. The fraction of sp³-hybridized carbons (Fsp3) is 0.0909. The van der Waals surface area contributed by atoms with Crippen LogP contribution in [0, 0.1) is 0 Å². The van der Waals surface area contributed by atoms with Crippen LogP contribution >= 0.6 is 15.9 Å². The third-order valence-corrected chi connectivity index (χ3v) is 4.21. The van der Waals surface area contributed by atoms with E-state index < -0.39 is 11.9 Å². The van der Waals surface area contributed by atoms with Gasteiger partial charge in [-0.15, -0.1) is 0 Å². The molecule has 0 fully saturated rings. The normalized spacial score (nSPS) is 9.81. The van der Waals surface area contributed by atoms with Gasteiger partial charge in [0.05, 0.1) is 12.8 Å². The Labute approximate surface area is 166 Å². The third kappa shape index (κ3) is 7.46. The van der Waals surface area contributed by atoms with Crippen LogP contribution in [-0.4, -0.2) is 22.2 Å². The van der Waals surface area contributed by atoms with E-state index in [4.69, 9.17) is 10.2 Å². The van der Waals surface area contributed by atoms with Crippen molar-refractivity contribution in [2.45, 2.75) is 12.8 Å². The molecular formula is C22H19BrO4. The zero-order valence-electron chi connectivity index (χ0n) is 14.5. The van der Waals surface area contributed by atoms with Crippen molar-refractivity contribution < 1.29 is 19.8 Å². The van der Waals surface area contributed by atoms with Crippen LogP contribution in [0.5, 0.6) is 0 Å². The summed E-state index contributed by atoms with van der Waals surface area (Å²) in [6.45, 7) is 0. The molecule has 3 aromatic rings. The van der Waals surface area contributed by atoms with E-state index in [2.05, 4.69) is 15.9 Å². The molecule has 2 N–H and O–H groups in total. The number of carboxylic acids is 2. The molecule has 0 spiro atoms. The number of carboxylic acid groups (broad SMARTS) is 2. The molecule has 0 aliphatic carbocycles. The molecule has 0 saturated carbocycles. The summed E-state index contributed by atoms with van der Waals surface area (Å²) in [6, 6.07) is 24.9. The Morgan fingerprint density at radius 3 is 1.48 bits per heavy atom. The molecule has 0 radical (unpaired) electrons. The number of hydrogen-bond acceptors (Lipinski definition) is 2. The summed E-state index contributed by atoms with van der Waals surface area (Å²) >= 11 is 3.26. The predicted octanol–water partition coefficient (Wildman–Crippen LogP) is 5.06. The van der Waals surface area contributed by atoms with Gasteiger partial charge in [0.15, 0.2) is 0 Å². The van der Waals surface area contributed by atoms with E-state index in [1.807, 2.05) is 66.7 Å². The second kappa shape index (κ2) is 10.3. The SMILES string of the molecule is O=C(O)Cc1ccc(-c2ccccc2)cc1.O=C(O)Cc1ccc(Br)cc1. The van der Waals surface area contributed by atoms with Gasteiger partial charge in [0, 0.05) is 4.47 Å². The van der Waals surface area contributed by atoms with Gasteiger partial charge in [0.2, 0.25) is 0 Å². The molecule has 0 aliphatic heterocycles. The van der Waals surface area contributed by atoms with E-state index in [0.717, 1.165) is 26.7 Å². The average molecular weight is 427 g/mol. The monoisotopic (exact) mass is 426 g/mol. The fourth-order valence-corrected chi connectivity index (χ4v) is 2.66. The first-order valence-corrected chi connectivity index (χ1v) is 9.06. The molecule has 27 heavy (non-hydrogen) atoms. The Morgan fingerprint density at radius 1 is 0.630 bits per heavy atom. The summed E-state index contributed by atoms with van der Waals surface area (Å²) in [5.41, 5.74) is 3.90. The first-order valence-electron chi connectivity index (χ1n) is 8.26. The van der Waals surface area contributed by atoms with E-state index in [1.165, 1.54) is 0 Å². The zero-order valence-corrected chi connectivity index (χ0v) is 16.1. The zero-order chi connectivity index (χ0) is 19.6. The first-order chi connectivity index (χ1) is 12.9. The summed E-state index contributed by atoms with van der Waals surface area (Å²) in [6.07, 6.45) is 0.169. The highest BCUT2D eigenvalue weighted by atomic mass is 79.9. The molecule has 0 saturated heterocycles. The van der Waals surface area contributed by atoms with Crippen molar-refractivity contribution in [3.63, 3.8) is 0 Å². The van der Waals surface area contributed by atoms with E-state index >= 15 is 0 Å². The molecule has 3 rings (SSSR count). The summed E-state index contributed by atoms with van der Waals surface area (Å²) in [5.74, 6) is -1.60. The van der Waals surface area contributed by atoms with Crippen molar-refractivity contribution in [3.05, 3.63) is 94.5 Å². The van der Waals surface area contributed by atoms with Crippen molar-refractivity contribution in [1.29, 1.82) is 0 Å². The molecule has 4 nitrogen and oxygen atoms in total. The molecule has 0 aliphatic rings. The van der Waals surface area contributed by atoms with E-state index in [9.17, 15) is 9.59 Å². The van der Waals surface area contributed by atoms with Crippen LogP contribution in [0.4, 0.5) is 0 Å². The highest BCUT2D eigenvalue weighted by molar-refractivity contribution is 9.10. The molecule has 3 aromatic carbocycles. The van der Waals surface area contributed by atoms with E-state index in [-0.39, 0.29) is 12.8 Å². The maximum Gasteiger partial charge on any atom is 0.307 e. The minimum atomic E-state index is -0.799. The van der Waals surface area contributed by atoms with Crippen LogP contribution in [0.1, 0.15) is 11.1 Å². The smallest absolute Gasteiger partial charge is 0.307 e. The molecule has 138 valence electrons. The van der Waals surface area contributed by atoms with Crippen molar-refractivity contribution in [2.24, 2.45) is 0 Å². The molecule has 0 unspecified atom stereocenters. The molecule has 0 heterocycles. The Hall–Kier alpha value is -2.92. The second-order valence-corrected chi connectivity index (χ2v) is 6.75. The number of aliphatic carboxylic acids is 2. The van der Waals surface area contributed by atoms with Crippen LogP contribution in [0.2, 0.25) is 0 Å². The standard InChI is InChI=1S/C14H12O2.C8H7BrO2/c15-14(16)10-11-6-8-13(9-7-11)12-4-2-1-3-5-12;9-7-3-1-6(2-4-7)5-8(10)11/h1-9H,10H2,(H,15,16);1-4H,5H2,(H,10,11). The highest BCUT2D eigenvalue weighted by Gasteiger charge is 2.01. The van der Waals surface area contributed by atoms with Gasteiger partial charge in [0.25, 0.3) is 0 Å². The average Bonchev–Trinajstić information content (AvgIpc) is 2.65. The number of rotatable bonds is 5. The van der Waals surface area contributed by atoms with Gasteiger partial charge in [-0.25, -0.2) is 0 Å². The van der Waals surface area contributed by atoms with Crippen molar-refractivity contribution in [1.82, 2.24) is 0 Å². The molecule has 0 aromatic heterocycles. The van der Waals surface area contributed by atoms with Gasteiger partial charge in [-0.2, -0.15) is 0 Å². The Morgan fingerprint density at radius 2 is 1.04 bits per heavy atom. The largest absolute Gasteiger partial charge is 0.481 e. The Bertz CT molecular complexity index is 872. The number of carbonyl (C=O) groups is 2. The molecule has 0 atom stereocenters. The predicted molar refractivity (Wildman–Crippen MR) is 109 cm³/mol. The van der Waals surface area contributed by atoms with Crippen LogP contribution in [0.25, 0.3) is 11.1 Å². The van der Waals surface area contributed by atoms with Crippen LogP contribution in [0.3, 0.4) is 0 Å². The van der Waals surface area contributed by atoms with Crippen LogP contribution in [-0.2, 0) is 22.4 Å². The lowest BCUT2D eigenvalue weighted by molar-refractivity contribution is -0.137. The minimum Gasteiger partial charge on any atom is -0.481 e. The van der Waals surface area contributed by atoms with Crippen LogP contribution < -0.4 is 0 Å². The molecule has 0 bridgehead atoms. The second-order valence-electron chi connectivity index (χ2n) is 5.83. The van der Waals surface area contributed by atoms with Gasteiger partial charge in [0.1, 0.15) is 0 Å². The lowest BCUT2D eigenvalue weighted by atomic mass is 10.0. The lowest BCUT2D eigenvalue weighted by Gasteiger charge is -2.02.